The maximum Gasteiger partial charge on any atom is 0.305 e. The van der Waals surface area contributed by atoms with E-state index in [1.165, 1.54) is 6.08 Å². The van der Waals surface area contributed by atoms with Crippen LogP contribution >= 0.6 is 0 Å². The van der Waals surface area contributed by atoms with Crippen LogP contribution in [0.2, 0.25) is 0 Å². The van der Waals surface area contributed by atoms with Crippen molar-refractivity contribution in [1.82, 2.24) is 25.4 Å². The summed E-state index contributed by atoms with van der Waals surface area (Å²) in [5.41, 5.74) is 2.96. The van der Waals surface area contributed by atoms with Gasteiger partial charge in [-0.1, -0.05) is 36.4 Å². The summed E-state index contributed by atoms with van der Waals surface area (Å²) in [5.74, 6) is -2.14. The van der Waals surface area contributed by atoms with Crippen LogP contribution in [0, 0.1) is 0 Å². The van der Waals surface area contributed by atoms with Gasteiger partial charge in [-0.05, 0) is 42.5 Å². The van der Waals surface area contributed by atoms with Gasteiger partial charge in [-0.15, -0.1) is 0 Å². The zero-order chi connectivity index (χ0) is 25.3. The topological polar surface area (TPSA) is 126 Å². The number of amides is 2. The maximum atomic E-state index is 13.0. The summed E-state index contributed by atoms with van der Waals surface area (Å²) >= 11 is 0. The van der Waals surface area contributed by atoms with Gasteiger partial charge in [-0.25, -0.2) is 4.68 Å². The van der Waals surface area contributed by atoms with Crippen molar-refractivity contribution in [3.8, 4) is 16.9 Å². The summed E-state index contributed by atoms with van der Waals surface area (Å²) in [4.78, 5) is 40.9. The second kappa shape index (κ2) is 11.4. The number of para-hydroxylation sites is 1. The number of benzene rings is 2. The van der Waals surface area contributed by atoms with Crippen molar-refractivity contribution in [2.45, 2.75) is 6.42 Å². The number of aromatic nitrogens is 3. The molecule has 0 saturated heterocycles. The smallest absolute Gasteiger partial charge is 0.305 e. The first-order chi connectivity index (χ1) is 17.5. The Labute approximate surface area is 207 Å². The van der Waals surface area contributed by atoms with Gasteiger partial charge in [0.1, 0.15) is 11.4 Å². The van der Waals surface area contributed by atoms with Crippen molar-refractivity contribution >= 4 is 23.9 Å². The van der Waals surface area contributed by atoms with Gasteiger partial charge in [0.25, 0.3) is 11.8 Å². The van der Waals surface area contributed by atoms with Crippen molar-refractivity contribution in [2.24, 2.45) is 0 Å². The molecule has 2 aromatic carbocycles. The lowest BCUT2D eigenvalue weighted by Gasteiger charge is -2.11. The average Bonchev–Trinajstić information content (AvgIpc) is 3.33. The summed E-state index contributed by atoms with van der Waals surface area (Å²) in [6.07, 6.45) is 6.32. The van der Waals surface area contributed by atoms with E-state index in [1.54, 1.807) is 59.7 Å². The number of nitrogens with one attached hydrogen (secondary N) is 2. The lowest BCUT2D eigenvalue weighted by Crippen LogP contribution is -2.35. The highest BCUT2D eigenvalue weighted by Crippen LogP contribution is 2.25. The van der Waals surface area contributed by atoms with E-state index in [9.17, 15) is 14.4 Å². The van der Waals surface area contributed by atoms with Crippen LogP contribution in [0.5, 0.6) is 0 Å². The Balaban J connectivity index is 1.75. The summed E-state index contributed by atoms with van der Waals surface area (Å²) in [6.45, 7) is -0.0918. The highest BCUT2D eigenvalue weighted by atomic mass is 16.4. The van der Waals surface area contributed by atoms with E-state index in [-0.39, 0.29) is 18.7 Å². The van der Waals surface area contributed by atoms with Gasteiger partial charge >= 0.3 is 5.97 Å². The van der Waals surface area contributed by atoms with E-state index in [0.29, 0.717) is 16.8 Å². The lowest BCUT2D eigenvalue weighted by molar-refractivity contribution is -0.136. The van der Waals surface area contributed by atoms with Crippen molar-refractivity contribution < 1.29 is 19.5 Å². The number of rotatable bonds is 9. The van der Waals surface area contributed by atoms with Gasteiger partial charge in [0.05, 0.1) is 12.1 Å². The van der Waals surface area contributed by atoms with Crippen molar-refractivity contribution in [2.75, 3.05) is 6.54 Å². The Morgan fingerprint density at radius 1 is 0.944 bits per heavy atom. The van der Waals surface area contributed by atoms with Crippen LogP contribution in [0.1, 0.15) is 22.3 Å². The first kappa shape index (κ1) is 24.1. The molecule has 0 atom stereocenters. The van der Waals surface area contributed by atoms with E-state index in [1.807, 2.05) is 36.4 Å². The quantitative estimate of drug-likeness (QED) is 0.315. The molecule has 36 heavy (non-hydrogen) atoms. The maximum absolute atomic E-state index is 13.0. The molecule has 0 saturated carbocycles. The second-order valence-electron chi connectivity index (χ2n) is 7.73. The Kier molecular flexibility index (Phi) is 7.62. The molecule has 0 radical (unpaired) electrons. The van der Waals surface area contributed by atoms with Crippen molar-refractivity contribution in [1.29, 1.82) is 0 Å². The number of nitrogens with zero attached hydrogens (tertiary/aromatic N) is 3. The Morgan fingerprint density at radius 3 is 2.33 bits per heavy atom. The Hall–Kier alpha value is -5.05. The van der Waals surface area contributed by atoms with E-state index in [2.05, 4.69) is 15.6 Å². The van der Waals surface area contributed by atoms with Crippen LogP contribution in [0.25, 0.3) is 23.0 Å². The molecular weight excluding hydrogens is 458 g/mol. The van der Waals surface area contributed by atoms with Gasteiger partial charge < -0.3 is 15.7 Å². The predicted molar refractivity (Wildman–Crippen MR) is 134 cm³/mol. The molecule has 0 spiro atoms. The first-order valence-corrected chi connectivity index (χ1v) is 11.1. The third-order valence-corrected chi connectivity index (χ3v) is 5.15. The molecule has 4 aromatic rings. The molecule has 2 heterocycles. The van der Waals surface area contributed by atoms with Crippen LogP contribution in [-0.4, -0.2) is 44.2 Å². The standard InChI is InChI=1S/C27H23N5O4/c33-24(34)13-15-29-27(36)23(30-26(35)19-8-3-1-4-9-19)16-21-18-32(22-11-5-2-6-12-22)31-25(21)20-10-7-14-28-17-20/h1-12,14,16-18H,13,15H2,(H,29,36)(H,30,35)(H,33,34). The molecule has 3 N–H and O–H groups in total. The van der Waals surface area contributed by atoms with Gasteiger partial charge in [-0.2, -0.15) is 5.10 Å². The molecule has 4 rings (SSSR count). The number of carboxylic acid groups (broad SMARTS) is 1. The Morgan fingerprint density at radius 2 is 1.67 bits per heavy atom. The molecule has 0 aliphatic rings. The monoisotopic (exact) mass is 481 g/mol. The zero-order valence-corrected chi connectivity index (χ0v) is 19.2. The molecule has 180 valence electrons. The number of hydrogen-bond donors (Lipinski definition) is 3. The molecule has 0 unspecified atom stereocenters. The summed E-state index contributed by atoms with van der Waals surface area (Å²) in [7, 11) is 0. The fourth-order valence-corrected chi connectivity index (χ4v) is 3.41. The van der Waals surface area contributed by atoms with Crippen LogP contribution < -0.4 is 10.6 Å². The lowest BCUT2D eigenvalue weighted by atomic mass is 10.1. The zero-order valence-electron chi connectivity index (χ0n) is 19.2. The molecule has 2 aromatic heterocycles. The number of pyridine rings is 1. The summed E-state index contributed by atoms with van der Waals surface area (Å²) in [6, 6.07) is 21.6. The van der Waals surface area contributed by atoms with Crippen molar-refractivity contribution in [3.63, 3.8) is 0 Å². The minimum absolute atomic E-state index is 0.0491. The normalized spacial score (nSPS) is 11.1. The largest absolute Gasteiger partial charge is 0.481 e. The van der Waals surface area contributed by atoms with E-state index < -0.39 is 17.8 Å². The van der Waals surface area contributed by atoms with Gasteiger partial charge in [-0.3, -0.25) is 19.4 Å². The fraction of sp³-hybridized carbons (Fsp3) is 0.0741. The Bertz CT molecular complexity index is 1380. The van der Waals surface area contributed by atoms with Crippen LogP contribution in [-0.2, 0) is 9.59 Å². The fourth-order valence-electron chi connectivity index (χ4n) is 3.41. The predicted octanol–water partition coefficient (Wildman–Crippen LogP) is 3.30. The second-order valence-corrected chi connectivity index (χ2v) is 7.73. The highest BCUT2D eigenvalue weighted by molar-refractivity contribution is 6.05. The number of carbonyl (C=O) groups excluding carboxylic acids is 2. The molecule has 0 bridgehead atoms. The molecular formula is C27H23N5O4. The highest BCUT2D eigenvalue weighted by Gasteiger charge is 2.18. The number of aliphatic carboxylic acids is 1. The van der Waals surface area contributed by atoms with Crippen molar-refractivity contribution in [3.05, 3.63) is 108 Å². The average molecular weight is 482 g/mol. The van der Waals surface area contributed by atoms with E-state index in [4.69, 9.17) is 10.2 Å². The van der Waals surface area contributed by atoms with E-state index >= 15 is 0 Å². The minimum Gasteiger partial charge on any atom is -0.481 e. The molecule has 9 nitrogen and oxygen atoms in total. The van der Waals surface area contributed by atoms with E-state index in [0.717, 1.165) is 11.3 Å². The third kappa shape index (κ3) is 6.09. The summed E-state index contributed by atoms with van der Waals surface area (Å²) in [5, 5.41) is 18.8. The van der Waals surface area contributed by atoms with Gasteiger partial charge in [0.2, 0.25) is 0 Å². The van der Waals surface area contributed by atoms with Gasteiger partial charge in [0, 0.05) is 41.8 Å². The van der Waals surface area contributed by atoms with Crippen LogP contribution in [0.4, 0.5) is 0 Å². The number of carbonyl (C=O) groups is 3. The van der Waals surface area contributed by atoms with Gasteiger partial charge in [0.15, 0.2) is 0 Å². The minimum atomic E-state index is -1.04. The number of carboxylic acids is 1. The SMILES string of the molecule is O=C(O)CCNC(=O)C(=Cc1cn(-c2ccccc2)nc1-c1cccnc1)NC(=O)c1ccccc1. The third-order valence-electron chi connectivity index (χ3n) is 5.15. The molecule has 9 heteroatoms. The first-order valence-electron chi connectivity index (χ1n) is 11.1. The molecule has 0 aliphatic carbocycles. The summed E-state index contributed by atoms with van der Waals surface area (Å²) < 4.78 is 1.67. The van der Waals surface area contributed by atoms with Crippen LogP contribution in [0.15, 0.2) is 97.1 Å². The number of hydrogen-bond acceptors (Lipinski definition) is 5. The molecule has 2 amide bonds. The van der Waals surface area contributed by atoms with Crippen LogP contribution in [0.3, 0.4) is 0 Å². The molecule has 0 aliphatic heterocycles. The molecule has 0 fully saturated rings.